The lowest BCUT2D eigenvalue weighted by Crippen LogP contribution is -1.94. The number of H-pyrrole nitrogens is 6. The highest BCUT2D eigenvalue weighted by Gasteiger charge is 2.19. The molecule has 0 aliphatic heterocycles. The molecule has 150 heavy (non-hydrogen) atoms. The van der Waals surface area contributed by atoms with E-state index in [1.54, 1.807) is 212 Å². The molecular weight excluding hydrogens is 2100 g/mol. The van der Waals surface area contributed by atoms with Gasteiger partial charge in [-0.15, -0.1) is 0 Å². The molecule has 18 aromatic rings. The van der Waals surface area contributed by atoms with Gasteiger partial charge in [-0.2, -0.15) is 30.6 Å². The Labute approximate surface area is 904 Å². The van der Waals surface area contributed by atoms with Crippen LogP contribution < -0.4 is 0 Å². The number of ketones is 6. The Hall–Kier alpha value is -15.4. The number of allylic oxidation sites excluding steroid dienone is 6. The number of aliphatic hydroxyl groups is 1. The number of aromatic amines is 6. The third-order valence-electron chi connectivity index (χ3n) is 22.8. The van der Waals surface area contributed by atoms with Gasteiger partial charge < -0.3 is 5.11 Å². The molecule has 0 bridgehead atoms. The van der Waals surface area contributed by atoms with Gasteiger partial charge in [0, 0.05) is 102 Å². The summed E-state index contributed by atoms with van der Waals surface area (Å²) in [4.78, 5) is 73.3. The number of carbonyl (C=O) groups excluding carboxylic acids is 6. The number of nitrogens with one attached hydrogen (secondary N) is 6. The molecule has 0 fully saturated rings. The Balaban J connectivity index is 0.000000150. The molecule has 0 saturated carbocycles. The molecule has 18 rings (SSSR count). The predicted octanol–water partition coefficient (Wildman–Crippen LogP) is 32.4. The number of aryl methyl sites for hydroxylation is 8. The van der Waals surface area contributed by atoms with E-state index in [1.807, 2.05) is 97.9 Å². The first-order valence-electron chi connectivity index (χ1n) is 45.6. The molecular formula is C117H88Cl9F5N12O7. The summed E-state index contributed by atoms with van der Waals surface area (Å²) < 4.78 is 67.5. The highest BCUT2D eigenvalue weighted by atomic mass is 35.5. The van der Waals surface area contributed by atoms with Crippen LogP contribution in [0, 0.1) is 84.5 Å². The second-order valence-electron chi connectivity index (χ2n) is 33.9. The minimum atomic E-state index is -0.939. The largest absolute Gasteiger partial charge is 0.392 e. The van der Waals surface area contributed by atoms with Gasteiger partial charge in [0.25, 0.3) is 0 Å². The quantitative estimate of drug-likeness (QED) is 0.0159. The third kappa shape index (κ3) is 31.1. The third-order valence-corrected chi connectivity index (χ3v) is 26.3. The molecule has 0 atom stereocenters. The number of aromatic nitrogens is 12. The van der Waals surface area contributed by atoms with Crippen LogP contribution in [-0.4, -0.2) is 101 Å². The molecule has 7 N–H and O–H groups in total. The van der Waals surface area contributed by atoms with Gasteiger partial charge >= 0.3 is 0 Å². The first-order valence-corrected chi connectivity index (χ1v) is 49.0. The Morgan fingerprint density at radius 3 is 0.813 bits per heavy atom. The van der Waals surface area contributed by atoms with E-state index < -0.39 is 17.5 Å². The zero-order valence-electron chi connectivity index (χ0n) is 80.8. The van der Waals surface area contributed by atoms with Crippen molar-refractivity contribution in [1.82, 2.24) is 61.2 Å². The normalized spacial score (nSPS) is 11.2. The van der Waals surface area contributed by atoms with E-state index in [4.69, 9.17) is 110 Å². The van der Waals surface area contributed by atoms with Gasteiger partial charge in [-0.25, -0.2) is 22.0 Å². The number of nitrogens with zero attached hydrogens (tertiary/aromatic N) is 6. The number of hydrogen-bond acceptors (Lipinski definition) is 13. The summed E-state index contributed by atoms with van der Waals surface area (Å²) >= 11 is 53.6. The molecule has 0 unspecified atom stereocenters. The summed E-state index contributed by atoms with van der Waals surface area (Å²) in [6.45, 7) is 14.7. The number of aliphatic hydroxyl groups excluding tert-OH is 1. The molecule has 0 amide bonds. The first kappa shape index (κ1) is 112. The number of halogens is 14. The van der Waals surface area contributed by atoms with E-state index in [-0.39, 0.29) is 52.9 Å². The van der Waals surface area contributed by atoms with E-state index in [0.29, 0.717) is 158 Å². The zero-order valence-corrected chi connectivity index (χ0v) is 87.6. The summed E-state index contributed by atoms with van der Waals surface area (Å²) in [6, 6.07) is 71.4. The van der Waals surface area contributed by atoms with Crippen LogP contribution in [-0.2, 0) is 6.61 Å². The summed E-state index contributed by atoms with van der Waals surface area (Å²) in [5.74, 6) is -3.72. The lowest BCUT2D eigenvalue weighted by atomic mass is 10.0. The number of carbonyl (C=O) groups is 6. The Bertz CT molecular complexity index is 7950. The van der Waals surface area contributed by atoms with Crippen LogP contribution in [0.1, 0.15) is 146 Å². The van der Waals surface area contributed by atoms with Crippen molar-refractivity contribution in [3.63, 3.8) is 0 Å². The summed E-state index contributed by atoms with van der Waals surface area (Å²) in [6.07, 6.45) is 18.6. The maximum absolute atomic E-state index is 14.2. The van der Waals surface area contributed by atoms with E-state index in [1.165, 1.54) is 66.8 Å². The molecule has 12 aromatic carbocycles. The van der Waals surface area contributed by atoms with Gasteiger partial charge in [-0.1, -0.05) is 129 Å². The van der Waals surface area contributed by atoms with E-state index in [0.717, 1.165) is 84.7 Å². The van der Waals surface area contributed by atoms with E-state index >= 15 is 0 Å². The highest BCUT2D eigenvalue weighted by Crippen LogP contribution is 2.34. The Morgan fingerprint density at radius 1 is 0.240 bits per heavy atom. The monoisotopic (exact) mass is 2180 g/mol. The van der Waals surface area contributed by atoms with Gasteiger partial charge in [-0.05, 0) is 415 Å². The molecule has 6 heterocycles. The van der Waals surface area contributed by atoms with Crippen molar-refractivity contribution < 1.29 is 55.8 Å². The van der Waals surface area contributed by atoms with Crippen LogP contribution in [0.15, 0.2) is 297 Å². The maximum Gasteiger partial charge on any atom is 0.185 e. The van der Waals surface area contributed by atoms with Crippen molar-refractivity contribution in [3.05, 3.63) is 489 Å². The highest BCUT2D eigenvalue weighted by molar-refractivity contribution is 6.42. The van der Waals surface area contributed by atoms with Gasteiger partial charge in [-0.3, -0.25) is 59.4 Å². The van der Waals surface area contributed by atoms with E-state index in [9.17, 15) is 50.7 Å². The molecule has 756 valence electrons. The molecule has 33 heteroatoms. The molecule has 0 aliphatic carbocycles. The van der Waals surface area contributed by atoms with Crippen molar-refractivity contribution in [2.75, 3.05) is 0 Å². The number of rotatable bonds is 25. The lowest BCUT2D eigenvalue weighted by molar-refractivity contribution is 0.103. The molecule has 6 aromatic heterocycles. The number of hydrogen-bond donors (Lipinski definition) is 7. The van der Waals surface area contributed by atoms with E-state index in [2.05, 4.69) is 61.2 Å². The van der Waals surface area contributed by atoms with Crippen LogP contribution in [0.2, 0.25) is 45.2 Å². The van der Waals surface area contributed by atoms with Crippen molar-refractivity contribution in [2.45, 2.75) is 62.0 Å². The summed E-state index contributed by atoms with van der Waals surface area (Å²) in [5.41, 5.74) is 22.1. The summed E-state index contributed by atoms with van der Waals surface area (Å²) in [5, 5.41) is 56.3. The first-order chi connectivity index (χ1) is 71.7. The Kier molecular flexibility index (Phi) is 39.1. The second-order valence-corrected chi connectivity index (χ2v) is 37.6. The maximum atomic E-state index is 14.2. The fraction of sp³-hybridized carbons (Fsp3) is 0.0769. The van der Waals surface area contributed by atoms with Crippen LogP contribution in [0.25, 0.3) is 104 Å². The smallest absolute Gasteiger partial charge is 0.185 e. The van der Waals surface area contributed by atoms with Crippen LogP contribution in [0.5, 0.6) is 0 Å². The standard InChI is InChI=1S/C21H18ClFN2O.C20H16ClFN2O2.C19H13Cl3N2O.C19H14Cl2N2O.C19H13ClF2N2O.C19H14ClFN2O/c1-12-9-17(19(23)10-13(12)2)20-11-16(24-25-20)5-7-21(26)15-4-6-18(22)14(3)8-15;1-12-8-14(3-6-17(12)21)20(26)7-4-15-10-19(24-23-15)16-5-2-13(11-25)9-18(16)22;1-11-8-13(3-5-15(11)20)19(25)7-4-14-10-18(24-23-14)12-2-6-16(21)17(22)9-12;1-12-10-14(4-8-17(12)21)19(24)9-7-16-11-18(23-22-16)13-2-5-15(20)6-3-13;1-11-8-13(2-5-15(11)20)19(25)7-4-14-10-18(24-23-14)12-3-6-16(21)17(22)9-12;1-12-10-14(4-8-17(12)20)19(24)9-7-16-11-18(23-22-16)13-2-5-15(21)6-3-13/h4-11H,1-3H3,(H,24,25);2-10,25H,11H2,1H3,(H,23,24);2-10H,1H3,(H,23,24);2-11H,1H3,(H,22,23);2-10H,1H3,(H,23,24);2-11H,1H3,(H,22,23)/b7-5+;2*7-4+;9-7+;7-4+;9-7+. The fourth-order valence-electron chi connectivity index (χ4n) is 14.2. The molecule has 0 saturated heterocycles. The average molecular weight is 2190 g/mol. The minimum absolute atomic E-state index is 0.0857. The van der Waals surface area contributed by atoms with Crippen molar-refractivity contribution in [3.8, 4) is 67.5 Å². The zero-order chi connectivity index (χ0) is 108. The van der Waals surface area contributed by atoms with Gasteiger partial charge in [0.1, 0.15) is 17.5 Å². The summed E-state index contributed by atoms with van der Waals surface area (Å²) in [7, 11) is 0. The topological polar surface area (TPSA) is 295 Å². The second kappa shape index (κ2) is 52.5. The van der Waals surface area contributed by atoms with Crippen molar-refractivity contribution >= 4 is 176 Å². The lowest BCUT2D eigenvalue weighted by Gasteiger charge is -2.04. The SMILES string of the molecule is Cc1cc(C(=O)/C=C/c2cc(-c3ccc(CO)cc3F)n[nH]2)ccc1Cl.Cc1cc(C(=O)/C=C/c2cc(-c3ccc(Cl)c(Cl)c3)n[nH]2)ccc1Cl.Cc1cc(C(=O)/C=C/c2cc(-c3ccc(Cl)cc3)n[nH]2)ccc1Cl.Cc1cc(C(=O)/C=C/c2cc(-c3ccc(F)c(F)c3)n[nH]2)ccc1Cl.Cc1cc(C(=O)/C=C/c2cc(-c3ccc(F)cc3)n[nH]2)ccc1Cl.Cc1cc(F)c(-c2cc(/C=C/C(=O)c3ccc(Cl)c(C)c3)[nH]n2)cc1C. The van der Waals surface area contributed by atoms with Gasteiger partial charge in [0.2, 0.25) is 0 Å². The average Bonchev–Trinajstić information content (AvgIpc) is 1.64. The predicted molar refractivity (Wildman–Crippen MR) is 592 cm³/mol. The van der Waals surface area contributed by atoms with Crippen LogP contribution in [0.4, 0.5) is 22.0 Å². The van der Waals surface area contributed by atoms with Gasteiger partial charge in [0.05, 0.1) is 85.0 Å². The minimum Gasteiger partial charge on any atom is -0.392 e. The van der Waals surface area contributed by atoms with Gasteiger partial charge in [0.15, 0.2) is 46.3 Å². The molecule has 19 nitrogen and oxygen atoms in total. The molecule has 0 aliphatic rings. The number of benzene rings is 12. The molecule has 0 spiro atoms. The van der Waals surface area contributed by atoms with Crippen molar-refractivity contribution in [2.24, 2.45) is 0 Å². The van der Waals surface area contributed by atoms with Crippen LogP contribution >= 0.6 is 104 Å². The fourth-order valence-corrected chi connectivity index (χ4v) is 15.3. The van der Waals surface area contributed by atoms with Crippen molar-refractivity contribution in [1.29, 1.82) is 0 Å². The Morgan fingerprint density at radius 2 is 0.507 bits per heavy atom. The van der Waals surface area contributed by atoms with Crippen LogP contribution in [0.3, 0.4) is 0 Å². The molecule has 0 radical (unpaired) electrons.